The molecule has 0 radical (unpaired) electrons. The van der Waals surface area contributed by atoms with Gasteiger partial charge in [0, 0.05) is 11.4 Å². The molecular formula is C18H14ClF3N2O2. The van der Waals surface area contributed by atoms with E-state index in [9.17, 15) is 18.3 Å². The topological polar surface area (TPSA) is 58.3 Å². The predicted molar refractivity (Wildman–Crippen MR) is 94.0 cm³/mol. The third-order valence-corrected chi connectivity index (χ3v) is 4.26. The van der Waals surface area contributed by atoms with Gasteiger partial charge in [0.15, 0.2) is 11.7 Å². The molecule has 0 spiro atoms. The van der Waals surface area contributed by atoms with Crippen molar-refractivity contribution in [3.63, 3.8) is 0 Å². The number of hydrogen-bond acceptors (Lipinski definition) is 4. The average molecular weight is 383 g/mol. The Morgan fingerprint density at radius 2 is 2.04 bits per heavy atom. The second-order valence-electron chi connectivity index (χ2n) is 5.73. The minimum Gasteiger partial charge on any atom is -0.436 e. The molecule has 0 aliphatic heterocycles. The summed E-state index contributed by atoms with van der Waals surface area (Å²) in [6.45, 7) is 5.08. The second kappa shape index (κ2) is 6.66. The summed E-state index contributed by atoms with van der Waals surface area (Å²) in [5, 5.41) is 12.2. The van der Waals surface area contributed by atoms with Gasteiger partial charge >= 0.3 is 6.18 Å². The van der Waals surface area contributed by atoms with E-state index in [-0.39, 0.29) is 0 Å². The molecule has 1 atom stereocenters. The zero-order chi connectivity index (χ0) is 19.1. The number of oxazole rings is 1. The summed E-state index contributed by atoms with van der Waals surface area (Å²) in [5.41, 5.74) is 2.07. The average Bonchev–Trinajstić information content (AvgIpc) is 2.98. The number of halogens is 4. The zero-order valence-corrected chi connectivity index (χ0v) is 14.3. The van der Waals surface area contributed by atoms with Crippen LogP contribution in [0, 0.1) is 6.92 Å². The van der Waals surface area contributed by atoms with E-state index in [2.05, 4.69) is 16.9 Å². The van der Waals surface area contributed by atoms with Crippen molar-refractivity contribution < 1.29 is 22.7 Å². The number of benzene rings is 2. The van der Waals surface area contributed by atoms with Crippen molar-refractivity contribution in [1.82, 2.24) is 4.98 Å². The number of nitrogens with zero attached hydrogens (tertiary/aromatic N) is 1. The first kappa shape index (κ1) is 18.3. The summed E-state index contributed by atoms with van der Waals surface area (Å²) in [6.07, 6.45) is -7.46. The van der Waals surface area contributed by atoms with Gasteiger partial charge in [0.25, 0.3) is 0 Å². The highest BCUT2D eigenvalue weighted by Crippen LogP contribution is 2.33. The summed E-state index contributed by atoms with van der Waals surface area (Å²) in [4.78, 5) is 4.34. The molecule has 0 bridgehead atoms. The molecule has 3 aromatic rings. The van der Waals surface area contributed by atoms with Crippen LogP contribution in [0.3, 0.4) is 0 Å². The van der Waals surface area contributed by atoms with Crippen molar-refractivity contribution >= 4 is 28.4 Å². The van der Waals surface area contributed by atoms with E-state index < -0.39 is 18.0 Å². The molecule has 0 saturated carbocycles. The van der Waals surface area contributed by atoms with Crippen molar-refractivity contribution in [2.24, 2.45) is 0 Å². The number of aromatic nitrogens is 1. The number of aliphatic hydroxyl groups is 1. The Kier molecular flexibility index (Phi) is 4.68. The fraction of sp³-hybridized carbons (Fsp3) is 0.167. The van der Waals surface area contributed by atoms with Crippen LogP contribution >= 0.6 is 11.6 Å². The number of aliphatic hydroxyl groups excluding tert-OH is 1. The fourth-order valence-corrected chi connectivity index (χ4v) is 2.59. The maximum Gasteiger partial charge on any atom is 0.420 e. The van der Waals surface area contributed by atoms with Crippen LogP contribution in [0.1, 0.15) is 5.56 Å². The highest BCUT2D eigenvalue weighted by atomic mass is 35.5. The lowest BCUT2D eigenvalue weighted by atomic mass is 10.1. The number of nitrogens with one attached hydrogen (secondary N) is 1. The second-order valence-corrected chi connectivity index (χ2v) is 6.11. The lowest BCUT2D eigenvalue weighted by molar-refractivity contribution is -0.190. The van der Waals surface area contributed by atoms with Crippen molar-refractivity contribution in [2.75, 3.05) is 5.32 Å². The van der Waals surface area contributed by atoms with E-state index in [0.717, 1.165) is 5.56 Å². The van der Waals surface area contributed by atoms with Crippen LogP contribution in [0.25, 0.3) is 22.6 Å². The Bertz CT molecular complexity index is 982. The first-order valence-electron chi connectivity index (χ1n) is 7.53. The van der Waals surface area contributed by atoms with Crippen LogP contribution in [0.2, 0.25) is 5.02 Å². The highest BCUT2D eigenvalue weighted by Gasteiger charge is 2.40. The summed E-state index contributed by atoms with van der Waals surface area (Å²) >= 11 is 6.27. The van der Waals surface area contributed by atoms with Gasteiger partial charge in [-0.25, -0.2) is 4.98 Å². The Morgan fingerprint density at radius 3 is 2.73 bits per heavy atom. The van der Waals surface area contributed by atoms with Gasteiger partial charge in [0.05, 0.1) is 10.6 Å². The van der Waals surface area contributed by atoms with Gasteiger partial charge in [0.2, 0.25) is 5.89 Å². The van der Waals surface area contributed by atoms with Crippen LogP contribution in [-0.2, 0) is 0 Å². The Hall–Kier alpha value is -2.51. The molecule has 3 rings (SSSR count). The van der Waals surface area contributed by atoms with Crippen LogP contribution in [0.15, 0.2) is 53.1 Å². The zero-order valence-electron chi connectivity index (χ0n) is 13.6. The number of fused-ring (bicyclic) bond motifs is 1. The number of aryl methyl sites for hydroxylation is 1. The molecule has 1 heterocycles. The van der Waals surface area contributed by atoms with Gasteiger partial charge in [-0.3, -0.25) is 0 Å². The van der Waals surface area contributed by atoms with E-state index in [0.29, 0.717) is 33.3 Å². The van der Waals surface area contributed by atoms with Crippen molar-refractivity contribution in [3.8, 4) is 11.5 Å². The van der Waals surface area contributed by atoms with Gasteiger partial charge in [0.1, 0.15) is 5.52 Å². The van der Waals surface area contributed by atoms with Gasteiger partial charge in [-0.05, 0) is 36.8 Å². The minimum absolute atomic E-state index is 0.293. The van der Waals surface area contributed by atoms with Gasteiger partial charge < -0.3 is 14.8 Å². The Labute approximate surface area is 151 Å². The summed E-state index contributed by atoms with van der Waals surface area (Å²) < 4.78 is 43.3. The first-order chi connectivity index (χ1) is 12.2. The summed E-state index contributed by atoms with van der Waals surface area (Å²) in [5.74, 6) is 0.306. The number of hydrogen-bond donors (Lipinski definition) is 2. The molecule has 26 heavy (non-hydrogen) atoms. The molecule has 136 valence electrons. The van der Waals surface area contributed by atoms with Crippen LogP contribution in [0.5, 0.6) is 0 Å². The van der Waals surface area contributed by atoms with Gasteiger partial charge in [-0.15, -0.1) is 0 Å². The molecule has 1 aromatic heterocycles. The van der Waals surface area contributed by atoms with Crippen molar-refractivity contribution in [3.05, 3.63) is 59.3 Å². The maximum atomic E-state index is 12.5. The molecule has 8 heteroatoms. The lowest BCUT2D eigenvalue weighted by Crippen LogP contribution is -2.32. The lowest BCUT2D eigenvalue weighted by Gasteiger charge is -2.18. The Balaban J connectivity index is 1.91. The highest BCUT2D eigenvalue weighted by molar-refractivity contribution is 6.33. The largest absolute Gasteiger partial charge is 0.436 e. The molecule has 2 aromatic carbocycles. The molecule has 1 unspecified atom stereocenters. The minimum atomic E-state index is -4.79. The normalized spacial score (nSPS) is 13.0. The van der Waals surface area contributed by atoms with E-state index in [1.54, 1.807) is 12.1 Å². The van der Waals surface area contributed by atoms with Gasteiger partial charge in [-0.2, -0.15) is 13.2 Å². The first-order valence-corrected chi connectivity index (χ1v) is 7.91. The smallest absolute Gasteiger partial charge is 0.420 e. The van der Waals surface area contributed by atoms with E-state index in [1.165, 1.54) is 12.1 Å². The SMILES string of the molecule is C=C(Nc1ccc2oc(-c3cccc(C)c3Cl)nc2c1)C(O)C(F)(F)F. The molecule has 0 fully saturated rings. The quantitative estimate of drug-likeness (QED) is 0.642. The summed E-state index contributed by atoms with van der Waals surface area (Å²) in [7, 11) is 0. The van der Waals surface area contributed by atoms with Crippen molar-refractivity contribution in [2.45, 2.75) is 19.2 Å². The monoisotopic (exact) mass is 382 g/mol. The van der Waals surface area contributed by atoms with E-state index in [4.69, 9.17) is 16.0 Å². The van der Waals surface area contributed by atoms with Crippen LogP contribution in [0.4, 0.5) is 18.9 Å². The Morgan fingerprint density at radius 1 is 1.31 bits per heavy atom. The van der Waals surface area contributed by atoms with Crippen LogP contribution in [-0.4, -0.2) is 22.4 Å². The maximum absolute atomic E-state index is 12.5. The molecule has 2 N–H and O–H groups in total. The number of anilines is 1. The van der Waals surface area contributed by atoms with E-state index >= 15 is 0 Å². The van der Waals surface area contributed by atoms with E-state index in [1.807, 2.05) is 19.1 Å². The molecule has 0 aliphatic carbocycles. The van der Waals surface area contributed by atoms with Crippen molar-refractivity contribution in [1.29, 1.82) is 0 Å². The molecular weight excluding hydrogens is 369 g/mol. The van der Waals surface area contributed by atoms with Gasteiger partial charge in [-0.1, -0.05) is 30.3 Å². The molecule has 0 aliphatic rings. The third-order valence-electron chi connectivity index (χ3n) is 3.75. The molecule has 0 saturated heterocycles. The standard InChI is InChI=1S/C18H14ClF3N2O2/c1-9-4-3-5-12(15(9)19)17-24-13-8-11(6-7-14(13)26-17)23-10(2)16(25)18(20,21)22/h3-8,16,23,25H,2H2,1H3. The predicted octanol–water partition coefficient (Wildman–Crippen LogP) is 5.31. The molecule has 4 nitrogen and oxygen atoms in total. The molecule has 0 amide bonds. The number of rotatable bonds is 4. The van der Waals surface area contributed by atoms with Crippen LogP contribution < -0.4 is 5.32 Å². The third kappa shape index (κ3) is 3.54. The number of alkyl halides is 3. The fourth-order valence-electron chi connectivity index (χ4n) is 2.38. The summed E-state index contributed by atoms with van der Waals surface area (Å²) in [6, 6.07) is 10.0.